The third-order valence-electron chi connectivity index (χ3n) is 4.50. The zero-order valence-corrected chi connectivity index (χ0v) is 16.2. The smallest absolute Gasteiger partial charge is 0.304 e. The van der Waals surface area contributed by atoms with E-state index < -0.39 is 17.8 Å². The molecular weight excluding hydrogens is 342 g/mol. The summed E-state index contributed by atoms with van der Waals surface area (Å²) in [7, 11) is 0. The monoisotopic (exact) mass is 369 g/mol. The molecule has 0 aliphatic rings. The molecule has 0 saturated heterocycles. The van der Waals surface area contributed by atoms with E-state index in [0.717, 1.165) is 0 Å². The molecule has 6 heteroatoms. The number of aliphatic carboxylic acids is 1. The quantitative estimate of drug-likeness (QED) is 0.770. The molecule has 0 radical (unpaired) electrons. The molecule has 2 aromatic heterocycles. The van der Waals surface area contributed by atoms with Gasteiger partial charge in [-0.1, -0.05) is 12.1 Å². The fourth-order valence-corrected chi connectivity index (χ4v) is 3.51. The Labute approximate surface area is 160 Å². The van der Waals surface area contributed by atoms with E-state index in [1.54, 1.807) is 47.6 Å². The van der Waals surface area contributed by atoms with Gasteiger partial charge in [-0.3, -0.25) is 19.6 Å². The van der Waals surface area contributed by atoms with Crippen LogP contribution < -0.4 is 0 Å². The van der Waals surface area contributed by atoms with Gasteiger partial charge < -0.3 is 10.0 Å². The van der Waals surface area contributed by atoms with E-state index >= 15 is 0 Å². The van der Waals surface area contributed by atoms with Crippen molar-refractivity contribution in [2.75, 3.05) is 0 Å². The molecule has 0 fully saturated rings. The van der Waals surface area contributed by atoms with E-state index in [1.165, 1.54) is 0 Å². The van der Waals surface area contributed by atoms with E-state index in [1.807, 2.05) is 33.8 Å². The number of carbonyl (C=O) groups excluding carboxylic acids is 1. The minimum absolute atomic E-state index is 0.0158. The van der Waals surface area contributed by atoms with Crippen molar-refractivity contribution in [1.82, 2.24) is 14.9 Å². The Morgan fingerprint density at radius 1 is 0.926 bits per heavy atom. The molecule has 2 rings (SSSR count). The lowest BCUT2D eigenvalue weighted by Gasteiger charge is -2.36. The van der Waals surface area contributed by atoms with E-state index in [4.69, 9.17) is 0 Å². The SMILES string of the molecule is CC(C)N(C(=O)C(c1ccccn1)C(CC(=O)O)c1ccccn1)C(C)C. The maximum Gasteiger partial charge on any atom is 0.304 e. The molecule has 27 heavy (non-hydrogen) atoms. The van der Waals surface area contributed by atoms with E-state index in [-0.39, 0.29) is 24.4 Å². The Morgan fingerprint density at radius 2 is 1.44 bits per heavy atom. The largest absolute Gasteiger partial charge is 0.481 e. The van der Waals surface area contributed by atoms with Crippen molar-refractivity contribution in [2.45, 2.75) is 58.0 Å². The highest BCUT2D eigenvalue weighted by atomic mass is 16.4. The number of rotatable bonds is 8. The summed E-state index contributed by atoms with van der Waals surface area (Å²) in [6.45, 7) is 7.83. The number of hydrogen-bond acceptors (Lipinski definition) is 4. The predicted molar refractivity (Wildman–Crippen MR) is 103 cm³/mol. The predicted octanol–water partition coefficient (Wildman–Crippen LogP) is 3.46. The van der Waals surface area contributed by atoms with Crippen molar-refractivity contribution in [2.24, 2.45) is 0 Å². The van der Waals surface area contributed by atoms with Gasteiger partial charge in [0.1, 0.15) is 0 Å². The summed E-state index contributed by atoms with van der Waals surface area (Å²) >= 11 is 0. The van der Waals surface area contributed by atoms with Crippen molar-refractivity contribution >= 4 is 11.9 Å². The number of aromatic nitrogens is 2. The number of pyridine rings is 2. The van der Waals surface area contributed by atoms with Gasteiger partial charge in [-0.25, -0.2) is 0 Å². The van der Waals surface area contributed by atoms with Crippen molar-refractivity contribution in [1.29, 1.82) is 0 Å². The average Bonchev–Trinajstić information content (AvgIpc) is 2.62. The lowest BCUT2D eigenvalue weighted by Crippen LogP contribution is -2.46. The van der Waals surface area contributed by atoms with E-state index in [2.05, 4.69) is 9.97 Å². The molecule has 0 aromatic carbocycles. The molecule has 1 N–H and O–H groups in total. The molecule has 144 valence electrons. The summed E-state index contributed by atoms with van der Waals surface area (Å²) in [6.07, 6.45) is 3.04. The normalized spacial score (nSPS) is 13.4. The van der Waals surface area contributed by atoms with Crippen molar-refractivity contribution in [3.8, 4) is 0 Å². The summed E-state index contributed by atoms with van der Waals surface area (Å²) in [4.78, 5) is 35.7. The average molecular weight is 369 g/mol. The third-order valence-corrected chi connectivity index (χ3v) is 4.50. The van der Waals surface area contributed by atoms with Crippen LogP contribution in [0.2, 0.25) is 0 Å². The second-order valence-corrected chi connectivity index (χ2v) is 7.12. The molecule has 2 unspecified atom stereocenters. The number of carboxylic acid groups (broad SMARTS) is 1. The van der Waals surface area contributed by atoms with Gasteiger partial charge in [0.2, 0.25) is 5.91 Å². The van der Waals surface area contributed by atoms with Gasteiger partial charge >= 0.3 is 5.97 Å². The van der Waals surface area contributed by atoms with Gasteiger partial charge in [-0.15, -0.1) is 0 Å². The first-order valence-electron chi connectivity index (χ1n) is 9.18. The summed E-state index contributed by atoms with van der Waals surface area (Å²) < 4.78 is 0. The number of nitrogens with zero attached hydrogens (tertiary/aromatic N) is 3. The fraction of sp³-hybridized carbons (Fsp3) is 0.429. The summed E-state index contributed by atoms with van der Waals surface area (Å²) in [5, 5.41) is 9.51. The maximum absolute atomic E-state index is 13.6. The number of carboxylic acids is 1. The first kappa shape index (κ1) is 20.6. The lowest BCUT2D eigenvalue weighted by atomic mass is 9.82. The molecule has 6 nitrogen and oxygen atoms in total. The van der Waals surface area contributed by atoms with Crippen LogP contribution in [0.5, 0.6) is 0 Å². The molecule has 0 aliphatic carbocycles. The molecule has 0 spiro atoms. The third kappa shape index (κ3) is 5.12. The van der Waals surface area contributed by atoms with Gasteiger partial charge in [0.15, 0.2) is 0 Å². The van der Waals surface area contributed by atoms with Gasteiger partial charge in [0.05, 0.1) is 18.0 Å². The van der Waals surface area contributed by atoms with Crippen LogP contribution in [0.15, 0.2) is 48.8 Å². The number of carbonyl (C=O) groups is 2. The summed E-state index contributed by atoms with van der Waals surface area (Å²) in [5.41, 5.74) is 1.14. The highest BCUT2D eigenvalue weighted by molar-refractivity contribution is 5.86. The molecule has 2 aromatic rings. The highest BCUT2D eigenvalue weighted by Crippen LogP contribution is 2.36. The Kier molecular flexibility index (Phi) is 7.05. The Balaban J connectivity index is 2.59. The van der Waals surface area contributed by atoms with Crippen LogP contribution in [-0.2, 0) is 9.59 Å². The number of amides is 1. The minimum atomic E-state index is -0.972. The molecule has 2 heterocycles. The Hall–Kier alpha value is -2.76. The summed E-state index contributed by atoms with van der Waals surface area (Å²) in [6, 6.07) is 10.7. The molecule has 1 amide bonds. The van der Waals surface area contributed by atoms with Crippen LogP contribution >= 0.6 is 0 Å². The van der Waals surface area contributed by atoms with Gasteiger partial charge in [0, 0.05) is 36.1 Å². The zero-order valence-electron chi connectivity index (χ0n) is 16.2. The van der Waals surface area contributed by atoms with Crippen LogP contribution in [0.4, 0.5) is 0 Å². The van der Waals surface area contributed by atoms with Crippen molar-refractivity contribution < 1.29 is 14.7 Å². The lowest BCUT2D eigenvalue weighted by molar-refractivity contribution is -0.139. The van der Waals surface area contributed by atoms with E-state index in [9.17, 15) is 14.7 Å². The van der Waals surface area contributed by atoms with Gasteiger partial charge in [-0.2, -0.15) is 0 Å². The van der Waals surface area contributed by atoms with E-state index in [0.29, 0.717) is 11.4 Å². The first-order valence-corrected chi connectivity index (χ1v) is 9.18. The fourth-order valence-electron chi connectivity index (χ4n) is 3.51. The Morgan fingerprint density at radius 3 is 1.85 bits per heavy atom. The summed E-state index contributed by atoms with van der Waals surface area (Å²) in [5.74, 6) is -2.43. The standard InChI is InChI=1S/C21H27N3O3/c1-14(2)24(15(3)4)21(27)20(18-10-6-8-12-23-18)16(13-19(25)26)17-9-5-7-11-22-17/h5-12,14-16,20H,13H2,1-4H3,(H,25,26). The van der Waals surface area contributed by atoms with Crippen molar-refractivity contribution in [3.05, 3.63) is 60.2 Å². The van der Waals surface area contributed by atoms with Crippen LogP contribution in [0.25, 0.3) is 0 Å². The topological polar surface area (TPSA) is 83.4 Å². The maximum atomic E-state index is 13.6. The molecule has 0 bridgehead atoms. The van der Waals surface area contributed by atoms with Crippen LogP contribution in [0.3, 0.4) is 0 Å². The minimum Gasteiger partial charge on any atom is -0.481 e. The molecular formula is C21H27N3O3. The molecule has 0 saturated carbocycles. The Bertz CT molecular complexity index is 740. The second-order valence-electron chi connectivity index (χ2n) is 7.12. The van der Waals surface area contributed by atoms with Crippen molar-refractivity contribution in [3.63, 3.8) is 0 Å². The molecule has 0 aliphatic heterocycles. The first-order chi connectivity index (χ1) is 12.8. The zero-order chi connectivity index (χ0) is 20.0. The van der Waals surface area contributed by atoms with Crippen LogP contribution in [-0.4, -0.2) is 43.9 Å². The number of hydrogen-bond donors (Lipinski definition) is 1. The highest BCUT2D eigenvalue weighted by Gasteiger charge is 2.38. The van der Waals surface area contributed by atoms with Crippen LogP contribution in [0, 0.1) is 0 Å². The second kappa shape index (κ2) is 9.26. The molecule has 2 atom stereocenters. The van der Waals surface area contributed by atoms with Gasteiger partial charge in [0.25, 0.3) is 0 Å². The van der Waals surface area contributed by atoms with Crippen LogP contribution in [0.1, 0.15) is 57.3 Å². The van der Waals surface area contributed by atoms with Gasteiger partial charge in [-0.05, 0) is 52.0 Å².